The van der Waals surface area contributed by atoms with Crippen molar-refractivity contribution < 1.29 is 14.2 Å². The van der Waals surface area contributed by atoms with Crippen molar-refractivity contribution in [3.05, 3.63) is 23.8 Å². The first kappa shape index (κ1) is 15.8. The summed E-state index contributed by atoms with van der Waals surface area (Å²) in [6, 6.07) is 5.72. The molecule has 0 N–H and O–H groups in total. The summed E-state index contributed by atoms with van der Waals surface area (Å²) in [7, 11) is 3.32. The molecule has 0 saturated carbocycles. The fourth-order valence-electron chi connectivity index (χ4n) is 2.31. The molecule has 1 aliphatic rings. The molecule has 0 aromatic heterocycles. The summed E-state index contributed by atoms with van der Waals surface area (Å²) in [5, 5.41) is 0. The Balaban J connectivity index is 1.80. The van der Waals surface area contributed by atoms with Crippen molar-refractivity contribution in [1.82, 2.24) is 4.90 Å². The van der Waals surface area contributed by atoms with Gasteiger partial charge in [-0.2, -0.15) is 0 Å². The molecule has 1 fully saturated rings. The van der Waals surface area contributed by atoms with Gasteiger partial charge in [0.15, 0.2) is 0 Å². The number of morpholine rings is 1. The second-order valence-electron chi connectivity index (χ2n) is 4.95. The number of methoxy groups -OCH3 is 2. The van der Waals surface area contributed by atoms with Crippen molar-refractivity contribution in [2.24, 2.45) is 4.99 Å². The van der Waals surface area contributed by atoms with E-state index in [1.54, 1.807) is 14.2 Å². The first-order valence-electron chi connectivity index (χ1n) is 7.35. The lowest BCUT2D eigenvalue weighted by Crippen LogP contribution is -2.37. The molecule has 0 atom stereocenters. The number of ether oxygens (including phenoxy) is 3. The van der Waals surface area contributed by atoms with Crippen LogP contribution in [0.25, 0.3) is 0 Å². The molecule has 1 aliphatic heterocycles. The smallest absolute Gasteiger partial charge is 0.127 e. The topological polar surface area (TPSA) is 43.3 Å². The van der Waals surface area contributed by atoms with Crippen LogP contribution < -0.4 is 9.47 Å². The van der Waals surface area contributed by atoms with E-state index >= 15 is 0 Å². The number of rotatable bonds is 7. The van der Waals surface area contributed by atoms with E-state index in [0.717, 1.165) is 62.9 Å². The third-order valence-electron chi connectivity index (χ3n) is 3.53. The summed E-state index contributed by atoms with van der Waals surface area (Å²) >= 11 is 0. The van der Waals surface area contributed by atoms with E-state index in [1.165, 1.54) is 0 Å². The molecule has 1 heterocycles. The maximum Gasteiger partial charge on any atom is 0.127 e. The molecular weight excluding hydrogens is 268 g/mol. The van der Waals surface area contributed by atoms with Crippen LogP contribution in [0, 0.1) is 0 Å². The van der Waals surface area contributed by atoms with E-state index in [-0.39, 0.29) is 0 Å². The van der Waals surface area contributed by atoms with Gasteiger partial charge in [-0.1, -0.05) is 0 Å². The lowest BCUT2D eigenvalue weighted by molar-refractivity contribution is 0.0377. The molecule has 1 saturated heterocycles. The third-order valence-corrected chi connectivity index (χ3v) is 3.53. The maximum atomic E-state index is 5.34. The van der Waals surface area contributed by atoms with Crippen molar-refractivity contribution in [2.75, 3.05) is 53.6 Å². The SMILES string of the molecule is COc1ccc(OC)c(C=NCCCN2CCOCC2)c1. The maximum absolute atomic E-state index is 5.34. The molecule has 0 spiro atoms. The summed E-state index contributed by atoms with van der Waals surface area (Å²) in [6.07, 6.45) is 2.92. The first-order chi connectivity index (χ1) is 10.3. The molecule has 0 radical (unpaired) electrons. The molecule has 116 valence electrons. The highest BCUT2D eigenvalue weighted by molar-refractivity contribution is 5.84. The standard InChI is InChI=1S/C16H24N2O3/c1-19-15-4-5-16(20-2)14(12-15)13-17-6-3-7-18-8-10-21-11-9-18/h4-5,12-13H,3,6-11H2,1-2H3. The summed E-state index contributed by atoms with van der Waals surface area (Å²) in [4.78, 5) is 6.91. The molecule has 21 heavy (non-hydrogen) atoms. The van der Waals surface area contributed by atoms with Gasteiger partial charge in [0.25, 0.3) is 0 Å². The first-order valence-corrected chi connectivity index (χ1v) is 7.35. The normalized spacial score (nSPS) is 16.3. The Labute approximate surface area is 126 Å². The quantitative estimate of drug-likeness (QED) is 0.568. The predicted octanol–water partition coefficient (Wildman–Crippen LogP) is 1.84. The number of hydrogen-bond acceptors (Lipinski definition) is 5. The average Bonchev–Trinajstić information content (AvgIpc) is 2.55. The number of aliphatic imine (C=N–C) groups is 1. The molecule has 1 aromatic carbocycles. The van der Waals surface area contributed by atoms with Gasteiger partial charge in [-0.3, -0.25) is 9.89 Å². The van der Waals surface area contributed by atoms with Crippen molar-refractivity contribution in [1.29, 1.82) is 0 Å². The molecule has 5 nitrogen and oxygen atoms in total. The van der Waals surface area contributed by atoms with Crippen LogP contribution in [-0.4, -0.2) is 64.7 Å². The van der Waals surface area contributed by atoms with Crippen LogP contribution in [0.4, 0.5) is 0 Å². The summed E-state index contributed by atoms with van der Waals surface area (Å²) in [6.45, 7) is 5.67. The molecule has 1 aromatic rings. The lowest BCUT2D eigenvalue weighted by Gasteiger charge is -2.26. The highest BCUT2D eigenvalue weighted by atomic mass is 16.5. The minimum absolute atomic E-state index is 0.811. The summed E-state index contributed by atoms with van der Waals surface area (Å²) in [5.41, 5.74) is 0.947. The third kappa shape index (κ3) is 5.02. The van der Waals surface area contributed by atoms with Crippen LogP contribution in [0.5, 0.6) is 11.5 Å². The van der Waals surface area contributed by atoms with Crippen molar-refractivity contribution in [3.63, 3.8) is 0 Å². The van der Waals surface area contributed by atoms with Crippen LogP contribution in [-0.2, 0) is 4.74 Å². The van der Waals surface area contributed by atoms with Gasteiger partial charge in [-0.25, -0.2) is 0 Å². The van der Waals surface area contributed by atoms with Crippen LogP contribution in [0.3, 0.4) is 0 Å². The van der Waals surface area contributed by atoms with Gasteiger partial charge in [-0.15, -0.1) is 0 Å². The van der Waals surface area contributed by atoms with Crippen molar-refractivity contribution in [2.45, 2.75) is 6.42 Å². The lowest BCUT2D eigenvalue weighted by atomic mass is 10.2. The Kier molecular flexibility index (Phi) is 6.50. The highest BCUT2D eigenvalue weighted by Crippen LogP contribution is 2.22. The minimum Gasteiger partial charge on any atom is -0.497 e. The van der Waals surface area contributed by atoms with Crippen molar-refractivity contribution in [3.8, 4) is 11.5 Å². The average molecular weight is 292 g/mol. The van der Waals surface area contributed by atoms with E-state index < -0.39 is 0 Å². The van der Waals surface area contributed by atoms with Crippen LogP contribution in [0.1, 0.15) is 12.0 Å². The van der Waals surface area contributed by atoms with E-state index in [1.807, 2.05) is 24.4 Å². The molecular formula is C16H24N2O3. The molecule has 0 bridgehead atoms. The Morgan fingerprint density at radius 1 is 1.24 bits per heavy atom. The van der Waals surface area contributed by atoms with E-state index in [9.17, 15) is 0 Å². The number of nitrogens with zero attached hydrogens (tertiary/aromatic N) is 2. The highest BCUT2D eigenvalue weighted by Gasteiger charge is 2.08. The van der Waals surface area contributed by atoms with Crippen LogP contribution in [0.15, 0.2) is 23.2 Å². The van der Waals surface area contributed by atoms with E-state index in [4.69, 9.17) is 14.2 Å². The Morgan fingerprint density at radius 2 is 2.05 bits per heavy atom. The molecule has 5 heteroatoms. The zero-order valence-electron chi connectivity index (χ0n) is 12.9. The van der Waals surface area contributed by atoms with Gasteiger partial charge in [0.1, 0.15) is 11.5 Å². The fourth-order valence-corrected chi connectivity index (χ4v) is 2.31. The molecule has 2 rings (SSSR count). The van der Waals surface area contributed by atoms with E-state index in [2.05, 4.69) is 9.89 Å². The van der Waals surface area contributed by atoms with E-state index in [0.29, 0.717) is 0 Å². The number of benzene rings is 1. The second kappa shape index (κ2) is 8.64. The van der Waals surface area contributed by atoms with Gasteiger partial charge in [0, 0.05) is 38.0 Å². The molecule has 0 amide bonds. The molecule has 0 aliphatic carbocycles. The largest absolute Gasteiger partial charge is 0.497 e. The zero-order chi connectivity index (χ0) is 14.9. The fraction of sp³-hybridized carbons (Fsp3) is 0.562. The van der Waals surface area contributed by atoms with Crippen LogP contribution in [0.2, 0.25) is 0 Å². The predicted molar refractivity (Wildman–Crippen MR) is 83.9 cm³/mol. The molecule has 0 unspecified atom stereocenters. The zero-order valence-corrected chi connectivity index (χ0v) is 12.9. The minimum atomic E-state index is 0.811. The van der Waals surface area contributed by atoms with Gasteiger partial charge < -0.3 is 14.2 Å². The summed E-state index contributed by atoms with van der Waals surface area (Å²) in [5.74, 6) is 1.62. The second-order valence-corrected chi connectivity index (χ2v) is 4.95. The van der Waals surface area contributed by atoms with Gasteiger partial charge >= 0.3 is 0 Å². The Morgan fingerprint density at radius 3 is 2.76 bits per heavy atom. The Hall–Kier alpha value is -1.59. The van der Waals surface area contributed by atoms with Gasteiger partial charge in [0.05, 0.1) is 27.4 Å². The van der Waals surface area contributed by atoms with Gasteiger partial charge in [-0.05, 0) is 24.6 Å². The number of hydrogen-bond donors (Lipinski definition) is 0. The van der Waals surface area contributed by atoms with Gasteiger partial charge in [0.2, 0.25) is 0 Å². The van der Waals surface area contributed by atoms with Crippen LogP contribution >= 0.6 is 0 Å². The monoisotopic (exact) mass is 292 g/mol. The summed E-state index contributed by atoms with van der Waals surface area (Å²) < 4.78 is 15.9. The Bertz CT molecular complexity index is 457. The van der Waals surface area contributed by atoms with Crippen molar-refractivity contribution >= 4 is 6.21 Å².